The van der Waals surface area contributed by atoms with E-state index < -0.39 is 0 Å². The molecule has 0 spiro atoms. The van der Waals surface area contributed by atoms with E-state index in [1.807, 2.05) is 36.4 Å². The highest BCUT2D eigenvalue weighted by molar-refractivity contribution is 5.19. The van der Waals surface area contributed by atoms with Crippen LogP contribution in [0.2, 0.25) is 0 Å². The van der Waals surface area contributed by atoms with Gasteiger partial charge in [0.2, 0.25) is 5.70 Å². The van der Waals surface area contributed by atoms with Crippen LogP contribution in [0.3, 0.4) is 0 Å². The minimum atomic E-state index is -0.221. The molecule has 3 nitrogen and oxygen atoms in total. The normalized spacial score (nSPS) is 17.7. The van der Waals surface area contributed by atoms with Crippen molar-refractivity contribution >= 4 is 0 Å². The van der Waals surface area contributed by atoms with E-state index in [-0.39, 0.29) is 4.92 Å². The molecular weight excluding hydrogens is 226 g/mol. The van der Waals surface area contributed by atoms with Crippen molar-refractivity contribution in [3.8, 4) is 0 Å². The molecule has 96 valence electrons. The maximum Gasteiger partial charge on any atom is 0.246 e. The van der Waals surface area contributed by atoms with Crippen LogP contribution in [0.1, 0.15) is 37.7 Å². The number of nitro groups is 1. The number of nitrogens with zero attached hydrogens (tertiary/aromatic N) is 1. The Morgan fingerprint density at radius 1 is 1.22 bits per heavy atom. The van der Waals surface area contributed by atoms with Gasteiger partial charge < -0.3 is 0 Å². The number of hydrogen-bond donors (Lipinski definition) is 0. The summed E-state index contributed by atoms with van der Waals surface area (Å²) < 4.78 is 0. The average Bonchev–Trinajstić information content (AvgIpc) is 2.40. The van der Waals surface area contributed by atoms with Crippen LogP contribution in [0.5, 0.6) is 0 Å². The fourth-order valence-electron chi connectivity index (χ4n) is 2.56. The van der Waals surface area contributed by atoms with Gasteiger partial charge in [-0.2, -0.15) is 0 Å². The zero-order valence-electron chi connectivity index (χ0n) is 10.5. The lowest BCUT2D eigenvalue weighted by Crippen LogP contribution is -2.09. The molecule has 2 rings (SSSR count). The van der Waals surface area contributed by atoms with Gasteiger partial charge >= 0.3 is 0 Å². The van der Waals surface area contributed by atoms with E-state index in [1.54, 1.807) is 0 Å². The summed E-state index contributed by atoms with van der Waals surface area (Å²) in [6.07, 6.45) is 8.22. The van der Waals surface area contributed by atoms with Gasteiger partial charge in [-0.1, -0.05) is 49.6 Å². The van der Waals surface area contributed by atoms with Crippen molar-refractivity contribution in [2.24, 2.45) is 5.92 Å². The van der Waals surface area contributed by atoms with Crippen molar-refractivity contribution in [3.63, 3.8) is 0 Å². The topological polar surface area (TPSA) is 43.1 Å². The van der Waals surface area contributed by atoms with Gasteiger partial charge in [0.05, 0.1) is 11.3 Å². The third-order valence-corrected chi connectivity index (χ3v) is 3.54. The zero-order valence-corrected chi connectivity index (χ0v) is 10.5. The summed E-state index contributed by atoms with van der Waals surface area (Å²) in [5.41, 5.74) is 1.37. The molecule has 0 aromatic heterocycles. The second-order valence-electron chi connectivity index (χ2n) is 4.98. The van der Waals surface area contributed by atoms with Gasteiger partial charge in [-0.3, -0.25) is 10.1 Å². The third-order valence-electron chi connectivity index (χ3n) is 3.54. The van der Waals surface area contributed by atoms with Crippen molar-refractivity contribution in [2.45, 2.75) is 38.5 Å². The van der Waals surface area contributed by atoms with Crippen LogP contribution in [0.25, 0.3) is 0 Å². The van der Waals surface area contributed by atoms with E-state index in [2.05, 4.69) is 0 Å². The number of allylic oxidation sites excluding steroid dienone is 2. The fraction of sp³-hybridized carbons (Fsp3) is 0.467. The van der Waals surface area contributed by atoms with Crippen LogP contribution in [-0.4, -0.2) is 4.92 Å². The quantitative estimate of drug-likeness (QED) is 0.595. The summed E-state index contributed by atoms with van der Waals surface area (Å²) in [5, 5.41) is 11.1. The molecule has 0 aliphatic heterocycles. The van der Waals surface area contributed by atoms with E-state index >= 15 is 0 Å². The molecule has 18 heavy (non-hydrogen) atoms. The van der Waals surface area contributed by atoms with Crippen molar-refractivity contribution in [2.75, 3.05) is 0 Å². The molecule has 1 aromatic carbocycles. The van der Waals surface area contributed by atoms with Gasteiger partial charge in [0.1, 0.15) is 0 Å². The second-order valence-corrected chi connectivity index (χ2v) is 4.98. The Bertz CT molecular complexity index is 419. The Balaban J connectivity index is 2.08. The zero-order chi connectivity index (χ0) is 12.8. The van der Waals surface area contributed by atoms with Gasteiger partial charge in [0, 0.05) is 0 Å². The van der Waals surface area contributed by atoms with E-state index in [1.165, 1.54) is 19.3 Å². The molecular formula is C15H19NO2. The largest absolute Gasteiger partial charge is 0.259 e. The molecule has 0 bridgehead atoms. The molecule has 1 aromatic rings. The molecule has 0 N–H and O–H groups in total. The summed E-state index contributed by atoms with van der Waals surface area (Å²) in [5.74, 6) is 0.405. The molecule has 3 heteroatoms. The Morgan fingerprint density at radius 2 is 1.89 bits per heavy atom. The standard InChI is InChI=1S/C15H19NO2/c17-16(18)15(11-13-7-3-1-4-8-13)12-14-9-5-2-6-10-14/h1,3-4,7-8,12,14H,2,5-6,9-11H2/b15-12-. The molecule has 0 unspecified atom stereocenters. The van der Waals surface area contributed by atoms with Crippen molar-refractivity contribution in [3.05, 3.63) is 57.8 Å². The number of benzene rings is 1. The van der Waals surface area contributed by atoms with Crippen molar-refractivity contribution < 1.29 is 4.92 Å². The maximum atomic E-state index is 11.1. The fourth-order valence-corrected chi connectivity index (χ4v) is 2.56. The lowest BCUT2D eigenvalue weighted by atomic mass is 9.88. The monoisotopic (exact) mass is 245 g/mol. The Hall–Kier alpha value is -1.64. The summed E-state index contributed by atoms with van der Waals surface area (Å²) >= 11 is 0. The summed E-state index contributed by atoms with van der Waals surface area (Å²) in [6, 6.07) is 9.66. The molecule has 0 heterocycles. The van der Waals surface area contributed by atoms with Gasteiger partial charge in [0.15, 0.2) is 0 Å². The Labute approximate surface area is 108 Å². The first kappa shape index (κ1) is 12.8. The molecule has 0 atom stereocenters. The minimum Gasteiger partial charge on any atom is -0.259 e. The number of rotatable bonds is 4. The van der Waals surface area contributed by atoms with Gasteiger partial charge in [-0.15, -0.1) is 0 Å². The van der Waals surface area contributed by atoms with Crippen LogP contribution in [0.15, 0.2) is 42.1 Å². The van der Waals surface area contributed by atoms with Gasteiger partial charge in [0.25, 0.3) is 0 Å². The second kappa shape index (κ2) is 6.34. The summed E-state index contributed by atoms with van der Waals surface area (Å²) in [6.45, 7) is 0. The highest BCUT2D eigenvalue weighted by Gasteiger charge is 2.17. The van der Waals surface area contributed by atoms with Crippen molar-refractivity contribution in [1.82, 2.24) is 0 Å². The SMILES string of the molecule is O=[N+]([O-])/C(=C\C1CCCCC1)Cc1ccccc1. The predicted octanol–water partition coefficient (Wildman–Crippen LogP) is 3.97. The molecule has 1 saturated carbocycles. The predicted molar refractivity (Wildman–Crippen MR) is 71.8 cm³/mol. The molecule has 0 amide bonds. The molecule has 0 saturated heterocycles. The first-order valence-electron chi connectivity index (χ1n) is 6.65. The van der Waals surface area contributed by atoms with E-state index in [0.29, 0.717) is 18.0 Å². The van der Waals surface area contributed by atoms with Crippen LogP contribution in [-0.2, 0) is 6.42 Å². The number of hydrogen-bond acceptors (Lipinski definition) is 2. The Kier molecular flexibility index (Phi) is 4.51. The van der Waals surface area contributed by atoms with Crippen molar-refractivity contribution in [1.29, 1.82) is 0 Å². The summed E-state index contributed by atoms with van der Waals surface area (Å²) in [4.78, 5) is 10.9. The van der Waals surface area contributed by atoms with E-state index in [0.717, 1.165) is 18.4 Å². The van der Waals surface area contributed by atoms with Crippen LogP contribution < -0.4 is 0 Å². The van der Waals surface area contributed by atoms with E-state index in [4.69, 9.17) is 0 Å². The lowest BCUT2D eigenvalue weighted by molar-refractivity contribution is -0.427. The van der Waals surface area contributed by atoms with E-state index in [9.17, 15) is 10.1 Å². The first-order chi connectivity index (χ1) is 8.75. The lowest BCUT2D eigenvalue weighted by Gasteiger charge is -2.17. The summed E-state index contributed by atoms with van der Waals surface area (Å²) in [7, 11) is 0. The molecule has 1 aliphatic rings. The van der Waals surface area contributed by atoms with Crippen LogP contribution >= 0.6 is 0 Å². The Morgan fingerprint density at radius 3 is 2.50 bits per heavy atom. The highest BCUT2D eigenvalue weighted by Crippen LogP contribution is 2.26. The maximum absolute atomic E-state index is 11.1. The van der Waals surface area contributed by atoms with Gasteiger partial charge in [-0.25, -0.2) is 0 Å². The molecule has 1 aliphatic carbocycles. The molecule has 1 fully saturated rings. The van der Waals surface area contributed by atoms with Crippen LogP contribution in [0.4, 0.5) is 0 Å². The smallest absolute Gasteiger partial charge is 0.246 e. The molecule has 0 radical (unpaired) electrons. The first-order valence-corrected chi connectivity index (χ1v) is 6.65. The van der Waals surface area contributed by atoms with Gasteiger partial charge in [-0.05, 0) is 30.4 Å². The highest BCUT2D eigenvalue weighted by atomic mass is 16.6. The van der Waals surface area contributed by atoms with Crippen LogP contribution in [0, 0.1) is 16.0 Å². The minimum absolute atomic E-state index is 0.221. The third kappa shape index (κ3) is 3.69. The average molecular weight is 245 g/mol.